The molecule has 5 nitrogen and oxygen atoms in total. The van der Waals surface area contributed by atoms with Crippen molar-refractivity contribution < 1.29 is 14.7 Å². The molecule has 5 heteroatoms. The van der Waals surface area contributed by atoms with Crippen LogP contribution in [-0.4, -0.2) is 23.5 Å². The third-order valence-electron chi connectivity index (χ3n) is 1.72. The summed E-state index contributed by atoms with van der Waals surface area (Å²) in [6.07, 6.45) is 1.60. The van der Waals surface area contributed by atoms with Gasteiger partial charge in [-0.25, -0.2) is 0 Å². The normalized spacial score (nSPS) is 13.8. The second-order valence-corrected chi connectivity index (χ2v) is 2.57. The van der Waals surface area contributed by atoms with Crippen LogP contribution in [0.2, 0.25) is 0 Å². The summed E-state index contributed by atoms with van der Waals surface area (Å²) in [5.41, 5.74) is 10.1. The molecule has 74 valence electrons. The van der Waals surface area contributed by atoms with E-state index >= 15 is 0 Å². The van der Waals surface area contributed by atoms with Gasteiger partial charge in [-0.05, 0) is 12.5 Å². The third-order valence-corrected chi connectivity index (χ3v) is 1.72. The van der Waals surface area contributed by atoms with Gasteiger partial charge in [0.1, 0.15) is 0 Å². The summed E-state index contributed by atoms with van der Waals surface area (Å²) in [7, 11) is 0. The number of carbonyl (C=O) groups is 2. The van der Waals surface area contributed by atoms with E-state index in [-0.39, 0.29) is 12.2 Å². The highest BCUT2D eigenvalue weighted by Gasteiger charge is 2.21. The molecular formula is C8H14N2O3. The van der Waals surface area contributed by atoms with Crippen molar-refractivity contribution >= 4 is 11.8 Å². The average molecular weight is 186 g/mol. The minimum atomic E-state index is -0.722. The smallest absolute Gasteiger partial charge is 0.245 e. The summed E-state index contributed by atoms with van der Waals surface area (Å²) in [6, 6.07) is 0. The Hall–Kier alpha value is -1.36. The summed E-state index contributed by atoms with van der Waals surface area (Å²) < 4.78 is 0. The molecule has 0 saturated carbocycles. The predicted octanol–water partition coefficient (Wildman–Crippen LogP) is -1.10. The Morgan fingerprint density at radius 1 is 1.46 bits per heavy atom. The quantitative estimate of drug-likeness (QED) is 0.474. The lowest BCUT2D eigenvalue weighted by Crippen LogP contribution is -2.30. The molecule has 0 aliphatic heterocycles. The van der Waals surface area contributed by atoms with E-state index in [1.165, 1.54) is 6.08 Å². The number of primary amides is 2. The first-order chi connectivity index (χ1) is 6.04. The van der Waals surface area contributed by atoms with Crippen LogP contribution < -0.4 is 11.5 Å². The molecule has 0 radical (unpaired) electrons. The van der Waals surface area contributed by atoms with Crippen LogP contribution in [0.4, 0.5) is 0 Å². The molecule has 1 unspecified atom stereocenters. The highest BCUT2D eigenvalue weighted by molar-refractivity contribution is 5.98. The number of amides is 2. The van der Waals surface area contributed by atoms with Crippen molar-refractivity contribution in [3.63, 3.8) is 0 Å². The second-order valence-electron chi connectivity index (χ2n) is 2.57. The van der Waals surface area contributed by atoms with E-state index < -0.39 is 17.7 Å². The summed E-state index contributed by atoms with van der Waals surface area (Å²) in [5.74, 6) is -2.04. The fraction of sp³-hybridized carbons (Fsp3) is 0.500. The molecular weight excluding hydrogens is 172 g/mol. The van der Waals surface area contributed by atoms with Crippen LogP contribution >= 0.6 is 0 Å². The van der Waals surface area contributed by atoms with Gasteiger partial charge < -0.3 is 16.6 Å². The van der Waals surface area contributed by atoms with Gasteiger partial charge >= 0.3 is 0 Å². The maximum Gasteiger partial charge on any atom is 0.245 e. The Kier molecular flexibility index (Phi) is 4.76. The molecule has 0 fully saturated rings. The van der Waals surface area contributed by atoms with Crippen LogP contribution in [0.3, 0.4) is 0 Å². The first-order valence-corrected chi connectivity index (χ1v) is 3.94. The van der Waals surface area contributed by atoms with Crippen molar-refractivity contribution in [1.82, 2.24) is 0 Å². The van der Waals surface area contributed by atoms with Crippen molar-refractivity contribution in [2.24, 2.45) is 17.4 Å². The molecule has 0 bridgehead atoms. The highest BCUT2D eigenvalue weighted by atomic mass is 16.2. The molecule has 0 aliphatic rings. The molecule has 2 amide bonds. The van der Waals surface area contributed by atoms with Crippen molar-refractivity contribution in [2.45, 2.75) is 13.3 Å². The first kappa shape index (κ1) is 11.6. The highest BCUT2D eigenvalue weighted by Crippen LogP contribution is 2.13. The SMILES string of the molecule is CCC(C(N)=O)C(=CCO)C(N)=O. The van der Waals surface area contributed by atoms with Crippen LogP contribution in [0.5, 0.6) is 0 Å². The molecule has 5 N–H and O–H groups in total. The zero-order chi connectivity index (χ0) is 10.4. The van der Waals surface area contributed by atoms with Crippen LogP contribution in [-0.2, 0) is 9.59 Å². The van der Waals surface area contributed by atoms with Crippen LogP contribution in [0.1, 0.15) is 13.3 Å². The van der Waals surface area contributed by atoms with E-state index in [0.29, 0.717) is 6.42 Å². The minimum Gasteiger partial charge on any atom is -0.392 e. The number of rotatable bonds is 5. The maximum absolute atomic E-state index is 10.8. The summed E-state index contributed by atoms with van der Waals surface area (Å²) >= 11 is 0. The number of carbonyl (C=O) groups excluding carboxylic acids is 2. The average Bonchev–Trinajstić information content (AvgIpc) is 2.03. The lowest BCUT2D eigenvalue weighted by atomic mass is 9.95. The number of aliphatic hydroxyl groups is 1. The van der Waals surface area contributed by atoms with Crippen LogP contribution in [0.15, 0.2) is 11.6 Å². The van der Waals surface area contributed by atoms with Gasteiger partial charge in [-0.1, -0.05) is 6.92 Å². The first-order valence-electron chi connectivity index (χ1n) is 3.94. The monoisotopic (exact) mass is 186 g/mol. The van der Waals surface area contributed by atoms with E-state index in [9.17, 15) is 9.59 Å². The largest absolute Gasteiger partial charge is 0.392 e. The molecule has 13 heavy (non-hydrogen) atoms. The van der Waals surface area contributed by atoms with Crippen molar-refractivity contribution in [3.05, 3.63) is 11.6 Å². The summed E-state index contributed by atoms with van der Waals surface area (Å²) in [6.45, 7) is 1.38. The summed E-state index contributed by atoms with van der Waals surface area (Å²) in [4.78, 5) is 21.7. The Bertz CT molecular complexity index is 236. The zero-order valence-electron chi connectivity index (χ0n) is 7.49. The van der Waals surface area contributed by atoms with Gasteiger partial charge in [-0.3, -0.25) is 9.59 Å². The van der Waals surface area contributed by atoms with Crippen LogP contribution in [0, 0.1) is 5.92 Å². The van der Waals surface area contributed by atoms with E-state index in [0.717, 1.165) is 0 Å². The Balaban J connectivity index is 4.80. The topological polar surface area (TPSA) is 106 Å². The number of hydrogen-bond acceptors (Lipinski definition) is 3. The van der Waals surface area contributed by atoms with Crippen LogP contribution in [0.25, 0.3) is 0 Å². The van der Waals surface area contributed by atoms with Crippen molar-refractivity contribution in [1.29, 1.82) is 0 Å². The summed E-state index contributed by atoms with van der Waals surface area (Å²) in [5, 5.41) is 8.58. The lowest BCUT2D eigenvalue weighted by molar-refractivity contribution is -0.123. The molecule has 0 aliphatic carbocycles. The molecule has 0 aromatic heterocycles. The van der Waals surface area contributed by atoms with Gasteiger partial charge in [0.05, 0.1) is 12.5 Å². The predicted molar refractivity (Wildman–Crippen MR) is 47.3 cm³/mol. The maximum atomic E-state index is 10.8. The van der Waals surface area contributed by atoms with E-state index in [4.69, 9.17) is 16.6 Å². The van der Waals surface area contributed by atoms with Gasteiger partial charge in [0.15, 0.2) is 0 Å². The van der Waals surface area contributed by atoms with E-state index in [1.54, 1.807) is 6.92 Å². The van der Waals surface area contributed by atoms with E-state index in [1.807, 2.05) is 0 Å². The fourth-order valence-corrected chi connectivity index (χ4v) is 1.09. The molecule has 0 rings (SSSR count). The zero-order valence-corrected chi connectivity index (χ0v) is 7.49. The second kappa shape index (κ2) is 5.31. The van der Waals surface area contributed by atoms with Gasteiger partial charge in [0.25, 0.3) is 0 Å². The fourth-order valence-electron chi connectivity index (χ4n) is 1.09. The number of hydrogen-bond donors (Lipinski definition) is 3. The van der Waals surface area contributed by atoms with Crippen molar-refractivity contribution in [2.75, 3.05) is 6.61 Å². The standard InChI is InChI=1S/C8H14N2O3/c1-2-5(7(9)12)6(3-4-11)8(10)13/h3,5,11H,2,4H2,1H3,(H2,9,12)(H2,10,13). The van der Waals surface area contributed by atoms with Gasteiger partial charge in [-0.15, -0.1) is 0 Å². The van der Waals surface area contributed by atoms with Gasteiger partial charge in [0.2, 0.25) is 11.8 Å². The minimum absolute atomic E-state index is 0.0810. The van der Waals surface area contributed by atoms with Crippen molar-refractivity contribution in [3.8, 4) is 0 Å². The van der Waals surface area contributed by atoms with Gasteiger partial charge in [0, 0.05) is 5.57 Å². The Morgan fingerprint density at radius 3 is 2.23 bits per heavy atom. The Labute approximate surface area is 76.4 Å². The molecule has 0 aromatic carbocycles. The molecule has 0 heterocycles. The molecule has 0 spiro atoms. The van der Waals surface area contributed by atoms with E-state index in [2.05, 4.69) is 0 Å². The number of nitrogens with two attached hydrogens (primary N) is 2. The molecule has 1 atom stereocenters. The third kappa shape index (κ3) is 3.25. The lowest BCUT2D eigenvalue weighted by Gasteiger charge is -2.11. The number of aliphatic hydroxyl groups excluding tert-OH is 1. The van der Waals surface area contributed by atoms with Gasteiger partial charge in [-0.2, -0.15) is 0 Å². The molecule has 0 aromatic rings. The Morgan fingerprint density at radius 2 is 2.00 bits per heavy atom. The molecule has 0 saturated heterocycles.